The Morgan fingerprint density at radius 3 is 1.64 bits per heavy atom. The molecule has 1 fully saturated rings. The average molecular weight is 886 g/mol. The summed E-state index contributed by atoms with van der Waals surface area (Å²) in [5.74, 6) is 0.570. The highest BCUT2D eigenvalue weighted by Crippen LogP contribution is 2.58. The predicted octanol–water partition coefficient (Wildman–Crippen LogP) is 18.4. The van der Waals surface area contributed by atoms with E-state index < -0.39 is 5.41 Å². The molecule has 0 aliphatic heterocycles. The summed E-state index contributed by atoms with van der Waals surface area (Å²) in [6, 6.07) is 87.2. The molecule has 0 aromatic heterocycles. The second kappa shape index (κ2) is 16.5. The number of hydrogen-bond donors (Lipinski definition) is 0. The van der Waals surface area contributed by atoms with Gasteiger partial charge in [-0.05, 0) is 144 Å². The molecule has 0 spiro atoms. The van der Waals surface area contributed by atoms with Crippen LogP contribution in [-0.2, 0) is 10.8 Å². The summed E-state index contributed by atoms with van der Waals surface area (Å²) < 4.78 is 0. The first-order chi connectivity index (χ1) is 34.0. The highest BCUT2D eigenvalue weighted by atomic mass is 15.1. The molecule has 0 saturated heterocycles. The molecule has 3 aliphatic rings. The summed E-state index contributed by atoms with van der Waals surface area (Å²) in [4.78, 5) is 2.54. The zero-order valence-corrected chi connectivity index (χ0v) is 39.5. The number of rotatable bonds is 8. The van der Waals surface area contributed by atoms with Crippen LogP contribution in [0.15, 0.2) is 231 Å². The average Bonchev–Trinajstić information content (AvgIpc) is 3.84. The molecular weight excluding hydrogens is 831 g/mol. The maximum Gasteiger partial charge on any atom is 0.0714 e. The van der Waals surface area contributed by atoms with Crippen LogP contribution in [0.4, 0.5) is 17.1 Å². The van der Waals surface area contributed by atoms with Crippen molar-refractivity contribution < 1.29 is 0 Å². The van der Waals surface area contributed by atoms with Gasteiger partial charge in [0.1, 0.15) is 0 Å². The summed E-state index contributed by atoms with van der Waals surface area (Å²) in [5.41, 5.74) is 22.5. The maximum absolute atomic E-state index is 2.54. The molecule has 0 bridgehead atoms. The van der Waals surface area contributed by atoms with E-state index >= 15 is 0 Å². The van der Waals surface area contributed by atoms with E-state index in [1.165, 1.54) is 126 Å². The molecule has 1 heteroatoms. The van der Waals surface area contributed by atoms with E-state index in [2.05, 4.69) is 249 Å². The fourth-order valence-corrected chi connectivity index (χ4v) is 12.9. The fourth-order valence-electron chi connectivity index (χ4n) is 12.9. The first kappa shape index (κ1) is 41.4. The van der Waals surface area contributed by atoms with Crippen molar-refractivity contribution in [3.63, 3.8) is 0 Å². The van der Waals surface area contributed by atoms with Crippen molar-refractivity contribution in [1.29, 1.82) is 0 Å². The molecule has 1 nitrogen and oxygen atoms in total. The van der Waals surface area contributed by atoms with Crippen LogP contribution < -0.4 is 4.90 Å². The standard InChI is InChI=1S/C68H55N/c1-67(2)61-33-15-12-28-55(61)57-42-38-49(44-63(57)67)46-36-39-52(40-37-46)69(65-35-17-14-30-59(65)60-32-19-23-48-22-18-31-54(66(48)60)47-20-6-3-7-21-47)53-41-43-58-56-29-13-16-34-62(56)68(64(58)45-53,50-24-8-4-9-25-50)51-26-10-5-11-27-51/h4-5,8-19,22-45,47H,3,6-7,20-21H2,1-2H3. The van der Waals surface area contributed by atoms with Gasteiger partial charge in [-0.2, -0.15) is 0 Å². The summed E-state index contributed by atoms with van der Waals surface area (Å²) in [6.07, 6.45) is 6.45. The molecule has 0 atom stereocenters. The molecule has 0 unspecified atom stereocenters. The highest BCUT2D eigenvalue weighted by Gasteiger charge is 2.46. The second-order valence-corrected chi connectivity index (χ2v) is 20.2. The van der Waals surface area contributed by atoms with Crippen LogP contribution >= 0.6 is 0 Å². The van der Waals surface area contributed by atoms with E-state index in [0.717, 1.165) is 17.1 Å². The molecule has 69 heavy (non-hydrogen) atoms. The zero-order valence-electron chi connectivity index (χ0n) is 39.5. The lowest BCUT2D eigenvalue weighted by atomic mass is 9.67. The quantitative estimate of drug-likeness (QED) is 0.147. The predicted molar refractivity (Wildman–Crippen MR) is 290 cm³/mol. The zero-order chi connectivity index (χ0) is 46.1. The Morgan fingerprint density at radius 1 is 0.377 bits per heavy atom. The van der Waals surface area contributed by atoms with Crippen molar-refractivity contribution in [1.82, 2.24) is 0 Å². The Morgan fingerprint density at radius 2 is 0.913 bits per heavy atom. The number of benzene rings is 10. The SMILES string of the molecule is CC1(C)c2ccccc2-c2ccc(-c3ccc(N(c4ccc5c(c4)C(c4ccccc4)(c4ccccc4)c4ccccc4-5)c4ccccc4-c4cccc5cccc(C6CCCCC6)c45)cc3)cc21. The lowest BCUT2D eigenvalue weighted by Crippen LogP contribution is -2.28. The van der Waals surface area contributed by atoms with E-state index in [4.69, 9.17) is 0 Å². The van der Waals surface area contributed by atoms with Gasteiger partial charge in [0.2, 0.25) is 0 Å². The molecule has 10 aromatic rings. The van der Waals surface area contributed by atoms with E-state index in [1.807, 2.05) is 0 Å². The lowest BCUT2D eigenvalue weighted by Gasteiger charge is -2.35. The van der Waals surface area contributed by atoms with Gasteiger partial charge < -0.3 is 4.90 Å². The van der Waals surface area contributed by atoms with Gasteiger partial charge in [-0.1, -0.05) is 227 Å². The van der Waals surface area contributed by atoms with Gasteiger partial charge in [-0.25, -0.2) is 0 Å². The van der Waals surface area contributed by atoms with Crippen LogP contribution in [0, 0.1) is 0 Å². The topological polar surface area (TPSA) is 3.24 Å². The first-order valence-corrected chi connectivity index (χ1v) is 25.1. The molecule has 3 aliphatic carbocycles. The number of fused-ring (bicyclic) bond motifs is 7. The molecule has 0 amide bonds. The smallest absolute Gasteiger partial charge is 0.0714 e. The van der Waals surface area contributed by atoms with E-state index in [1.54, 1.807) is 0 Å². The molecular formula is C68H55N. The van der Waals surface area contributed by atoms with Gasteiger partial charge in [0, 0.05) is 22.4 Å². The normalized spacial score (nSPS) is 15.3. The Bertz CT molecular complexity index is 3510. The van der Waals surface area contributed by atoms with Crippen LogP contribution in [0.5, 0.6) is 0 Å². The Hall–Kier alpha value is -7.74. The monoisotopic (exact) mass is 885 g/mol. The Labute approximate surface area is 407 Å². The second-order valence-electron chi connectivity index (χ2n) is 20.2. The Balaban J connectivity index is 1.02. The van der Waals surface area contributed by atoms with Crippen molar-refractivity contribution in [3.05, 3.63) is 269 Å². The summed E-state index contributed by atoms with van der Waals surface area (Å²) in [7, 11) is 0. The van der Waals surface area contributed by atoms with Gasteiger partial charge in [-0.15, -0.1) is 0 Å². The van der Waals surface area contributed by atoms with Gasteiger partial charge in [0.15, 0.2) is 0 Å². The summed E-state index contributed by atoms with van der Waals surface area (Å²) >= 11 is 0. The van der Waals surface area contributed by atoms with Crippen molar-refractivity contribution in [2.24, 2.45) is 0 Å². The van der Waals surface area contributed by atoms with E-state index in [9.17, 15) is 0 Å². The van der Waals surface area contributed by atoms with Crippen molar-refractivity contribution >= 4 is 27.8 Å². The van der Waals surface area contributed by atoms with Gasteiger partial charge in [0.25, 0.3) is 0 Å². The third kappa shape index (κ3) is 6.51. The molecule has 0 heterocycles. The van der Waals surface area contributed by atoms with E-state index in [0.29, 0.717) is 5.92 Å². The fraction of sp³-hybridized carbons (Fsp3) is 0.147. The van der Waals surface area contributed by atoms with Crippen molar-refractivity contribution in [2.75, 3.05) is 4.90 Å². The van der Waals surface area contributed by atoms with E-state index in [-0.39, 0.29) is 5.41 Å². The minimum Gasteiger partial charge on any atom is -0.310 e. The minimum atomic E-state index is -0.523. The largest absolute Gasteiger partial charge is 0.310 e. The molecule has 332 valence electrons. The molecule has 13 rings (SSSR count). The third-order valence-electron chi connectivity index (χ3n) is 16.2. The number of hydrogen-bond acceptors (Lipinski definition) is 1. The van der Waals surface area contributed by atoms with Crippen LogP contribution in [0.3, 0.4) is 0 Å². The Kier molecular flexibility index (Phi) is 9.91. The van der Waals surface area contributed by atoms with Crippen molar-refractivity contribution in [3.8, 4) is 44.5 Å². The van der Waals surface area contributed by atoms with Crippen LogP contribution in [0.1, 0.15) is 90.8 Å². The van der Waals surface area contributed by atoms with Gasteiger partial charge in [0.05, 0.1) is 11.1 Å². The maximum atomic E-state index is 2.54. The number of para-hydroxylation sites is 1. The summed E-state index contributed by atoms with van der Waals surface area (Å²) in [5, 5.41) is 2.71. The molecule has 0 radical (unpaired) electrons. The molecule has 0 N–H and O–H groups in total. The number of anilines is 3. The lowest BCUT2D eigenvalue weighted by molar-refractivity contribution is 0.445. The van der Waals surface area contributed by atoms with Gasteiger partial charge >= 0.3 is 0 Å². The molecule has 1 saturated carbocycles. The highest BCUT2D eigenvalue weighted by molar-refractivity contribution is 6.04. The minimum absolute atomic E-state index is 0.0667. The first-order valence-electron chi connectivity index (χ1n) is 25.1. The third-order valence-corrected chi connectivity index (χ3v) is 16.2. The van der Waals surface area contributed by atoms with Crippen molar-refractivity contribution in [2.45, 2.75) is 62.7 Å². The van der Waals surface area contributed by atoms with Gasteiger partial charge in [-0.3, -0.25) is 0 Å². The van der Waals surface area contributed by atoms with Crippen LogP contribution in [0.2, 0.25) is 0 Å². The molecule has 10 aromatic carbocycles. The van der Waals surface area contributed by atoms with Crippen LogP contribution in [0.25, 0.3) is 55.3 Å². The summed E-state index contributed by atoms with van der Waals surface area (Å²) in [6.45, 7) is 4.74. The van der Waals surface area contributed by atoms with Crippen LogP contribution in [-0.4, -0.2) is 0 Å². The number of nitrogens with zero attached hydrogens (tertiary/aromatic N) is 1.